The van der Waals surface area contributed by atoms with Gasteiger partial charge in [0.2, 0.25) is 5.91 Å². The molecule has 0 aliphatic rings. The van der Waals surface area contributed by atoms with Crippen LogP contribution in [0.4, 0.5) is 0 Å². The summed E-state index contributed by atoms with van der Waals surface area (Å²) in [5.74, 6) is -0.157. The number of nitrogens with one attached hydrogen (secondary N) is 1. The summed E-state index contributed by atoms with van der Waals surface area (Å²) in [4.78, 5) is 12.5. The molecule has 0 aliphatic heterocycles. The lowest BCUT2D eigenvalue weighted by Gasteiger charge is -2.26. The molecule has 0 radical (unpaired) electrons. The van der Waals surface area contributed by atoms with E-state index in [1.165, 1.54) is 218 Å². The molecule has 1 amide bonds. The Labute approximate surface area is 399 Å². The second-order valence-electron chi connectivity index (χ2n) is 19.5. The van der Waals surface area contributed by atoms with Crippen LogP contribution < -0.4 is 5.32 Å². The molecule has 0 aromatic carbocycles. The van der Waals surface area contributed by atoms with Crippen molar-refractivity contribution >= 4 is 5.91 Å². The van der Waals surface area contributed by atoms with Crippen molar-refractivity contribution < 1.29 is 20.1 Å². The summed E-state index contributed by atoms with van der Waals surface area (Å²) in [5, 5.41) is 33.7. The van der Waals surface area contributed by atoms with Crippen LogP contribution in [0.25, 0.3) is 0 Å². The van der Waals surface area contributed by atoms with E-state index >= 15 is 0 Å². The molecule has 4 N–H and O–H groups in total. The number of allylic oxidation sites excluding steroid dienone is 8. The summed E-state index contributed by atoms with van der Waals surface area (Å²) in [5.41, 5.74) is 0. The van der Waals surface area contributed by atoms with Gasteiger partial charge in [-0.05, 0) is 83.5 Å². The first-order valence-electron chi connectivity index (χ1n) is 28.4. The molecule has 5 nitrogen and oxygen atoms in total. The van der Waals surface area contributed by atoms with Crippen molar-refractivity contribution in [3.8, 4) is 0 Å². The zero-order valence-electron chi connectivity index (χ0n) is 42.9. The van der Waals surface area contributed by atoms with Crippen LogP contribution in [0.5, 0.6) is 0 Å². The van der Waals surface area contributed by atoms with E-state index in [1.807, 2.05) is 0 Å². The van der Waals surface area contributed by atoms with Crippen LogP contribution in [0, 0.1) is 0 Å². The Balaban J connectivity index is 3.60. The third-order valence-electron chi connectivity index (χ3n) is 13.1. The van der Waals surface area contributed by atoms with E-state index in [2.05, 4.69) is 67.8 Å². The number of hydrogen-bond donors (Lipinski definition) is 4. The van der Waals surface area contributed by atoms with E-state index in [0.29, 0.717) is 12.8 Å². The van der Waals surface area contributed by atoms with Gasteiger partial charge >= 0.3 is 0 Å². The van der Waals surface area contributed by atoms with Crippen LogP contribution in [0.3, 0.4) is 0 Å². The number of rotatable bonds is 52. The molecule has 64 heavy (non-hydrogen) atoms. The number of carbonyl (C=O) groups is 1. The van der Waals surface area contributed by atoms with Gasteiger partial charge in [-0.25, -0.2) is 0 Å². The lowest BCUT2D eigenvalue weighted by Crippen LogP contribution is -2.50. The second-order valence-corrected chi connectivity index (χ2v) is 19.5. The fourth-order valence-corrected chi connectivity index (χ4v) is 8.74. The van der Waals surface area contributed by atoms with Crippen molar-refractivity contribution in [2.75, 3.05) is 6.61 Å². The van der Waals surface area contributed by atoms with Gasteiger partial charge in [0.05, 0.1) is 18.8 Å². The minimum atomic E-state index is -1.17. The fourth-order valence-electron chi connectivity index (χ4n) is 8.74. The number of carbonyl (C=O) groups excluding carboxylic acids is 1. The zero-order valence-corrected chi connectivity index (χ0v) is 42.9. The first-order valence-corrected chi connectivity index (χ1v) is 28.4. The summed E-state index contributed by atoms with van der Waals surface area (Å²) in [6.45, 7) is 4.19. The lowest BCUT2D eigenvalue weighted by atomic mass is 10.0. The Kier molecular flexibility index (Phi) is 52.5. The molecule has 376 valence electrons. The highest BCUT2D eigenvalue weighted by atomic mass is 16.3. The predicted molar refractivity (Wildman–Crippen MR) is 282 cm³/mol. The van der Waals surface area contributed by atoms with Crippen LogP contribution in [-0.2, 0) is 4.79 Å². The zero-order chi connectivity index (χ0) is 46.5. The Morgan fingerprint density at radius 2 is 0.688 bits per heavy atom. The Morgan fingerprint density at radius 1 is 0.391 bits per heavy atom. The van der Waals surface area contributed by atoms with Gasteiger partial charge in [0.15, 0.2) is 0 Å². The highest BCUT2D eigenvalue weighted by Crippen LogP contribution is 2.16. The summed E-state index contributed by atoms with van der Waals surface area (Å²) >= 11 is 0. The molecule has 0 aromatic heterocycles. The molecule has 3 unspecified atom stereocenters. The minimum Gasteiger partial charge on any atom is -0.394 e. The van der Waals surface area contributed by atoms with Crippen LogP contribution in [0.2, 0.25) is 0 Å². The van der Waals surface area contributed by atoms with Gasteiger partial charge in [-0.2, -0.15) is 0 Å². The number of amides is 1. The fraction of sp³-hybridized carbons (Fsp3) is 0.847. The maximum Gasteiger partial charge on any atom is 0.220 e. The van der Waals surface area contributed by atoms with Crippen molar-refractivity contribution in [1.29, 1.82) is 0 Å². The van der Waals surface area contributed by atoms with Gasteiger partial charge in [-0.15, -0.1) is 0 Å². The molecule has 0 saturated heterocycles. The highest BCUT2D eigenvalue weighted by molar-refractivity contribution is 5.76. The minimum absolute atomic E-state index is 0.157. The number of hydrogen-bond acceptors (Lipinski definition) is 4. The van der Waals surface area contributed by atoms with Gasteiger partial charge < -0.3 is 20.6 Å². The monoisotopic (exact) mass is 898 g/mol. The van der Waals surface area contributed by atoms with E-state index < -0.39 is 18.2 Å². The molecule has 0 aromatic rings. The largest absolute Gasteiger partial charge is 0.394 e. The third-order valence-corrected chi connectivity index (χ3v) is 13.1. The molecule has 5 heteroatoms. The summed E-state index contributed by atoms with van der Waals surface area (Å²) in [7, 11) is 0. The van der Waals surface area contributed by atoms with Gasteiger partial charge in [-0.1, -0.05) is 255 Å². The average molecular weight is 899 g/mol. The first kappa shape index (κ1) is 62.3. The molecule has 0 bridgehead atoms. The van der Waals surface area contributed by atoms with Crippen LogP contribution in [-0.4, -0.2) is 46.1 Å². The molecule has 0 spiro atoms. The quantitative estimate of drug-likeness (QED) is 0.0362. The van der Waals surface area contributed by atoms with E-state index in [9.17, 15) is 20.1 Å². The van der Waals surface area contributed by atoms with Crippen molar-refractivity contribution in [3.63, 3.8) is 0 Å². The molecular formula is C59H111NO4. The van der Waals surface area contributed by atoms with E-state index in [0.717, 1.165) is 51.4 Å². The number of unbranched alkanes of at least 4 members (excludes halogenated alkanes) is 36. The van der Waals surface area contributed by atoms with E-state index in [-0.39, 0.29) is 12.5 Å². The van der Waals surface area contributed by atoms with E-state index in [1.54, 1.807) is 0 Å². The summed E-state index contributed by atoms with van der Waals surface area (Å²) < 4.78 is 0. The van der Waals surface area contributed by atoms with Crippen LogP contribution in [0.15, 0.2) is 48.6 Å². The SMILES string of the molecule is CCCCCCCCCCC/C=C\C/C=C\CCCCCCCCCCCCCCCC(=O)NC(CO)C(O)C(O)CCC/C=C/CC/C=C/CCCCCCCCCCCCCC. The Bertz CT molecular complexity index is 1040. The van der Waals surface area contributed by atoms with Crippen molar-refractivity contribution in [2.24, 2.45) is 0 Å². The maximum absolute atomic E-state index is 12.5. The number of aliphatic hydroxyl groups is 3. The molecule has 0 fully saturated rings. The average Bonchev–Trinajstić information content (AvgIpc) is 3.30. The van der Waals surface area contributed by atoms with Crippen LogP contribution in [0.1, 0.15) is 296 Å². The standard InChI is InChI=1S/C59H111NO4/c1-3-5-7-9-11-13-15-17-19-21-23-25-26-27-28-29-30-31-32-34-36-38-40-42-44-46-48-50-52-54-58(63)60-56(55-61)59(64)57(62)53-51-49-47-45-43-41-39-37-35-33-24-22-20-18-16-14-12-10-8-6-4-2/h23,25,27-28,37,39,45,47,56-57,59,61-62,64H,3-22,24,26,29-36,38,40-44,46,48-55H2,1-2H3,(H,60,63)/b25-23-,28-27-,39-37+,47-45+. The van der Waals surface area contributed by atoms with Gasteiger partial charge in [0.25, 0.3) is 0 Å². The lowest BCUT2D eigenvalue weighted by molar-refractivity contribution is -0.124. The molecule has 0 rings (SSSR count). The maximum atomic E-state index is 12.5. The van der Waals surface area contributed by atoms with Gasteiger partial charge in [0, 0.05) is 6.42 Å². The summed E-state index contributed by atoms with van der Waals surface area (Å²) in [6, 6.07) is -0.835. The van der Waals surface area contributed by atoms with Crippen molar-refractivity contribution in [1.82, 2.24) is 5.32 Å². The topological polar surface area (TPSA) is 89.8 Å². The first-order chi connectivity index (χ1) is 31.6. The van der Waals surface area contributed by atoms with Gasteiger partial charge in [-0.3, -0.25) is 4.79 Å². The highest BCUT2D eigenvalue weighted by Gasteiger charge is 2.26. The normalized spacial score (nSPS) is 13.6. The smallest absolute Gasteiger partial charge is 0.220 e. The molecule has 0 saturated carbocycles. The second kappa shape index (κ2) is 53.9. The van der Waals surface area contributed by atoms with Crippen molar-refractivity contribution in [2.45, 2.75) is 315 Å². The Hall–Kier alpha value is -1.69. The Morgan fingerprint density at radius 3 is 1.05 bits per heavy atom. The molecule has 0 aliphatic carbocycles. The van der Waals surface area contributed by atoms with Crippen LogP contribution >= 0.6 is 0 Å². The van der Waals surface area contributed by atoms with Gasteiger partial charge in [0.1, 0.15) is 6.10 Å². The third kappa shape index (κ3) is 48.2. The molecule has 3 atom stereocenters. The van der Waals surface area contributed by atoms with E-state index in [4.69, 9.17) is 0 Å². The van der Waals surface area contributed by atoms with Crippen molar-refractivity contribution in [3.05, 3.63) is 48.6 Å². The molecule has 0 heterocycles. The molecular weight excluding hydrogens is 787 g/mol. The number of aliphatic hydroxyl groups excluding tert-OH is 3. The predicted octanol–water partition coefficient (Wildman–Crippen LogP) is 17.6. The summed E-state index contributed by atoms with van der Waals surface area (Å²) in [6.07, 6.45) is 71.2.